The van der Waals surface area contributed by atoms with Crippen molar-refractivity contribution in [3.63, 3.8) is 0 Å². The third-order valence-corrected chi connectivity index (χ3v) is 1.62. The highest BCUT2D eigenvalue weighted by atomic mass is 19.1. The zero-order valence-electron chi connectivity index (χ0n) is 7.46. The first-order valence-electron chi connectivity index (χ1n) is 4.09. The molecule has 0 amide bonds. The van der Waals surface area contributed by atoms with E-state index in [4.69, 9.17) is 5.11 Å². The average molecular weight is 192 g/mol. The van der Waals surface area contributed by atoms with Crippen LogP contribution >= 0.6 is 0 Å². The third kappa shape index (κ3) is 2.68. The Morgan fingerprint density at radius 2 is 2.29 bits per heavy atom. The fraction of sp³-hybridized carbons (Fsp3) is 0.182. The molecule has 0 unspecified atom stereocenters. The minimum absolute atomic E-state index is 0.0984. The van der Waals surface area contributed by atoms with E-state index in [1.165, 1.54) is 12.1 Å². The smallest absolute Gasteiger partial charge is 0.139 e. The van der Waals surface area contributed by atoms with Crippen molar-refractivity contribution in [2.75, 3.05) is 0 Å². The van der Waals surface area contributed by atoms with Crippen LogP contribution in [0.2, 0.25) is 0 Å². The van der Waals surface area contributed by atoms with Gasteiger partial charge in [0.05, 0.1) is 18.6 Å². The quantitative estimate of drug-likeness (QED) is 0.565. The second kappa shape index (κ2) is 5.15. The van der Waals surface area contributed by atoms with Gasteiger partial charge in [-0.05, 0) is 17.7 Å². The molecular weight excluding hydrogens is 183 g/mol. The predicted molar refractivity (Wildman–Crippen MR) is 49.9 cm³/mol. The Balaban J connectivity index is 2.90. The van der Waals surface area contributed by atoms with Gasteiger partial charge < -0.3 is 9.90 Å². The van der Waals surface area contributed by atoms with Gasteiger partial charge in [-0.3, -0.25) is 0 Å². The molecule has 0 radical (unpaired) electrons. The molecule has 1 rings (SSSR count). The van der Waals surface area contributed by atoms with Crippen LogP contribution in [-0.2, 0) is 11.4 Å². The number of carbonyl (C=O) groups excluding carboxylic acids is 1. The van der Waals surface area contributed by atoms with Crippen LogP contribution < -0.4 is 0 Å². The van der Waals surface area contributed by atoms with Gasteiger partial charge in [-0.15, -0.1) is 0 Å². The van der Waals surface area contributed by atoms with E-state index < -0.39 is 5.82 Å². The van der Waals surface area contributed by atoms with E-state index >= 15 is 0 Å². The van der Waals surface area contributed by atoms with Gasteiger partial charge in [-0.2, -0.15) is 0 Å². The van der Waals surface area contributed by atoms with Gasteiger partial charge in [0.2, 0.25) is 0 Å². The fourth-order valence-electron chi connectivity index (χ4n) is 0.946. The van der Waals surface area contributed by atoms with Crippen LogP contribution in [0.3, 0.4) is 0 Å². The maximum atomic E-state index is 13.2. The summed E-state index contributed by atoms with van der Waals surface area (Å²) >= 11 is 0. The molecule has 1 aromatic carbocycles. The van der Waals surface area contributed by atoms with Crippen LogP contribution in [0.15, 0.2) is 18.2 Å². The summed E-state index contributed by atoms with van der Waals surface area (Å²) in [5.41, 5.74) is 0.743. The van der Waals surface area contributed by atoms with Crippen molar-refractivity contribution >= 4 is 6.29 Å². The first-order valence-corrected chi connectivity index (χ1v) is 4.09. The van der Waals surface area contributed by atoms with Crippen LogP contribution in [0.1, 0.15) is 17.5 Å². The number of halogens is 1. The van der Waals surface area contributed by atoms with Gasteiger partial charge in [-0.25, -0.2) is 4.39 Å². The second-order valence-electron chi connectivity index (χ2n) is 2.64. The third-order valence-electron chi connectivity index (χ3n) is 1.62. The van der Waals surface area contributed by atoms with E-state index in [9.17, 15) is 9.18 Å². The molecule has 0 aliphatic rings. The Kier molecular flexibility index (Phi) is 3.84. The topological polar surface area (TPSA) is 37.3 Å². The fourth-order valence-corrected chi connectivity index (χ4v) is 0.946. The van der Waals surface area contributed by atoms with Crippen molar-refractivity contribution < 1.29 is 14.3 Å². The number of carbonyl (C=O) groups is 1. The van der Waals surface area contributed by atoms with Crippen molar-refractivity contribution in [2.45, 2.75) is 13.0 Å². The molecule has 0 aromatic heterocycles. The molecule has 0 bridgehead atoms. The molecule has 2 nitrogen and oxygen atoms in total. The van der Waals surface area contributed by atoms with Crippen molar-refractivity contribution in [3.8, 4) is 11.8 Å². The van der Waals surface area contributed by atoms with Crippen LogP contribution in [0, 0.1) is 17.7 Å². The first-order chi connectivity index (χ1) is 6.77. The summed E-state index contributed by atoms with van der Waals surface area (Å²) in [6.45, 7) is -0.195. The molecule has 0 fully saturated rings. The molecule has 0 atom stereocenters. The summed E-state index contributed by atoms with van der Waals surface area (Å²) in [7, 11) is 0. The molecule has 0 spiro atoms. The number of aliphatic hydroxyl groups excluding tert-OH is 1. The molecular formula is C11H9FO2. The SMILES string of the molecule is O=CCC#Cc1ccc(CO)cc1F. The molecule has 0 heterocycles. The number of hydrogen-bond donors (Lipinski definition) is 1. The van der Waals surface area contributed by atoms with Crippen LogP contribution in [0.4, 0.5) is 4.39 Å². The number of aliphatic hydroxyl groups is 1. The lowest BCUT2D eigenvalue weighted by atomic mass is 10.1. The van der Waals surface area contributed by atoms with Crippen molar-refractivity contribution in [2.24, 2.45) is 0 Å². The van der Waals surface area contributed by atoms with Crippen LogP contribution in [0.5, 0.6) is 0 Å². The Hall–Kier alpha value is -1.66. The van der Waals surface area contributed by atoms with E-state index in [0.29, 0.717) is 11.8 Å². The molecule has 72 valence electrons. The van der Waals surface area contributed by atoms with Gasteiger partial charge in [0.25, 0.3) is 0 Å². The predicted octanol–water partition coefficient (Wildman–Crippen LogP) is 1.26. The van der Waals surface area contributed by atoms with Gasteiger partial charge in [0, 0.05) is 0 Å². The average Bonchev–Trinajstić information content (AvgIpc) is 2.20. The number of hydrogen-bond acceptors (Lipinski definition) is 2. The van der Waals surface area contributed by atoms with E-state index in [1.54, 1.807) is 6.07 Å². The molecule has 0 aliphatic heterocycles. The van der Waals surface area contributed by atoms with E-state index in [2.05, 4.69) is 11.8 Å². The number of benzene rings is 1. The summed E-state index contributed by atoms with van der Waals surface area (Å²) in [4.78, 5) is 9.95. The zero-order chi connectivity index (χ0) is 10.4. The molecule has 0 saturated heterocycles. The standard InChI is InChI=1S/C11H9FO2/c12-11-7-9(8-14)4-5-10(11)3-1-2-6-13/h4-7,14H,2,8H2. The van der Waals surface area contributed by atoms with Crippen LogP contribution in [-0.4, -0.2) is 11.4 Å². The van der Waals surface area contributed by atoms with E-state index in [1.807, 2.05) is 0 Å². The van der Waals surface area contributed by atoms with Crippen molar-refractivity contribution in [1.82, 2.24) is 0 Å². The summed E-state index contributed by atoms with van der Waals surface area (Å²) in [6, 6.07) is 4.30. The number of rotatable bonds is 2. The molecule has 3 heteroatoms. The maximum Gasteiger partial charge on any atom is 0.139 e. The van der Waals surface area contributed by atoms with Gasteiger partial charge >= 0.3 is 0 Å². The largest absolute Gasteiger partial charge is 0.392 e. The van der Waals surface area contributed by atoms with Gasteiger partial charge in [0.15, 0.2) is 0 Å². The molecule has 14 heavy (non-hydrogen) atoms. The minimum Gasteiger partial charge on any atom is -0.392 e. The lowest BCUT2D eigenvalue weighted by Crippen LogP contribution is -1.88. The lowest BCUT2D eigenvalue weighted by molar-refractivity contribution is -0.107. The molecule has 1 N–H and O–H groups in total. The minimum atomic E-state index is -0.477. The van der Waals surface area contributed by atoms with Gasteiger partial charge in [0.1, 0.15) is 12.1 Å². The van der Waals surface area contributed by atoms with E-state index in [0.717, 1.165) is 0 Å². The summed E-state index contributed by atoms with van der Waals surface area (Å²) in [5.74, 6) is 4.56. The van der Waals surface area contributed by atoms with Crippen molar-refractivity contribution in [3.05, 3.63) is 35.1 Å². The summed E-state index contributed by atoms with van der Waals surface area (Å²) < 4.78 is 13.2. The monoisotopic (exact) mass is 192 g/mol. The zero-order valence-corrected chi connectivity index (χ0v) is 7.46. The number of aldehydes is 1. The second-order valence-corrected chi connectivity index (χ2v) is 2.64. The normalized spacial score (nSPS) is 9.00. The summed E-state index contributed by atoms with van der Waals surface area (Å²) in [5, 5.41) is 8.72. The Morgan fingerprint density at radius 1 is 1.50 bits per heavy atom. The highest BCUT2D eigenvalue weighted by molar-refractivity contribution is 5.55. The maximum absolute atomic E-state index is 13.2. The lowest BCUT2D eigenvalue weighted by Gasteiger charge is -1.97. The first kappa shape index (κ1) is 10.4. The molecule has 0 saturated carbocycles. The van der Waals surface area contributed by atoms with Crippen molar-refractivity contribution in [1.29, 1.82) is 0 Å². The van der Waals surface area contributed by atoms with Gasteiger partial charge in [-0.1, -0.05) is 17.9 Å². The molecule has 1 aromatic rings. The Labute approximate surface area is 81.4 Å². The Bertz CT molecular complexity index is 388. The highest BCUT2D eigenvalue weighted by Crippen LogP contribution is 2.09. The van der Waals surface area contributed by atoms with Crippen LogP contribution in [0.25, 0.3) is 0 Å². The summed E-state index contributed by atoms with van der Waals surface area (Å²) in [6.07, 6.45) is 0.758. The highest BCUT2D eigenvalue weighted by Gasteiger charge is 1.99. The van der Waals surface area contributed by atoms with E-state index in [-0.39, 0.29) is 18.6 Å². The molecule has 0 aliphatic carbocycles. The Morgan fingerprint density at radius 3 is 2.86 bits per heavy atom.